The van der Waals surface area contributed by atoms with E-state index in [0.29, 0.717) is 12.2 Å². The van der Waals surface area contributed by atoms with E-state index < -0.39 is 10.9 Å². The van der Waals surface area contributed by atoms with Gasteiger partial charge in [-0.3, -0.25) is 14.8 Å². The van der Waals surface area contributed by atoms with Crippen molar-refractivity contribution in [3.63, 3.8) is 0 Å². The summed E-state index contributed by atoms with van der Waals surface area (Å²) < 4.78 is 6.57. The number of nitrogens with zero attached hydrogens (tertiary/aromatic N) is 3. The number of rotatable bonds is 6. The van der Waals surface area contributed by atoms with Crippen LogP contribution in [-0.4, -0.2) is 32.4 Å². The van der Waals surface area contributed by atoms with Gasteiger partial charge in [-0.1, -0.05) is 25.4 Å². The molecule has 1 N–H and O–H groups in total. The minimum absolute atomic E-state index is 0.0739. The van der Waals surface area contributed by atoms with E-state index in [4.69, 9.17) is 21.4 Å². The van der Waals surface area contributed by atoms with Gasteiger partial charge >= 0.3 is 11.7 Å². The van der Waals surface area contributed by atoms with Crippen LogP contribution in [0.4, 0.5) is 5.69 Å². The number of ether oxygens (including phenoxy) is 1. The van der Waals surface area contributed by atoms with Gasteiger partial charge in [0.25, 0.3) is 0 Å². The van der Waals surface area contributed by atoms with E-state index in [1.807, 2.05) is 13.8 Å². The molecule has 0 fully saturated rings. The highest BCUT2D eigenvalue weighted by molar-refractivity contribution is 6.35. The van der Waals surface area contributed by atoms with Gasteiger partial charge in [-0.15, -0.1) is 0 Å². The first-order valence-corrected chi connectivity index (χ1v) is 7.47. The summed E-state index contributed by atoms with van der Waals surface area (Å²) in [7, 11) is 1.44. The molecule has 0 radical (unpaired) electrons. The number of hydrogen-bond acceptors (Lipinski definition) is 5. The lowest BCUT2D eigenvalue weighted by molar-refractivity contribution is -0.385. The number of carboxylic acid groups (broad SMARTS) is 1. The zero-order valence-electron chi connectivity index (χ0n) is 13.3. The molecule has 2 rings (SSSR count). The summed E-state index contributed by atoms with van der Waals surface area (Å²) in [6, 6.07) is 4.29. The maximum atomic E-state index is 11.3. The molecule has 0 aliphatic carbocycles. The molecule has 24 heavy (non-hydrogen) atoms. The maximum Gasteiger partial charge on any atom is 0.355 e. The number of aromatic carboxylic acids is 1. The van der Waals surface area contributed by atoms with Crippen LogP contribution in [0.1, 0.15) is 24.3 Å². The molecule has 0 saturated heterocycles. The smallest absolute Gasteiger partial charge is 0.355 e. The van der Waals surface area contributed by atoms with Crippen LogP contribution in [0.25, 0.3) is 11.3 Å². The van der Waals surface area contributed by atoms with Gasteiger partial charge in [0.2, 0.25) is 0 Å². The Morgan fingerprint density at radius 1 is 1.50 bits per heavy atom. The Morgan fingerprint density at radius 2 is 2.17 bits per heavy atom. The second-order valence-electron chi connectivity index (χ2n) is 5.58. The third kappa shape index (κ3) is 3.48. The Morgan fingerprint density at radius 3 is 2.67 bits per heavy atom. The average Bonchev–Trinajstić information content (AvgIpc) is 2.79. The van der Waals surface area contributed by atoms with E-state index >= 15 is 0 Å². The molecular weight excluding hydrogens is 338 g/mol. The first-order chi connectivity index (χ1) is 11.2. The fraction of sp³-hybridized carbons (Fsp3) is 0.333. The van der Waals surface area contributed by atoms with Gasteiger partial charge in [0, 0.05) is 18.7 Å². The molecule has 0 bridgehead atoms. The minimum atomic E-state index is -1.23. The molecule has 2 aromatic rings. The number of aromatic nitrogens is 2. The number of carbonyl (C=O) groups is 1. The predicted molar refractivity (Wildman–Crippen MR) is 87.6 cm³/mol. The van der Waals surface area contributed by atoms with Gasteiger partial charge in [-0.25, -0.2) is 4.79 Å². The van der Waals surface area contributed by atoms with E-state index in [1.165, 1.54) is 19.2 Å². The number of carboxylic acids is 1. The highest BCUT2D eigenvalue weighted by Crippen LogP contribution is 2.36. The monoisotopic (exact) mass is 353 g/mol. The van der Waals surface area contributed by atoms with Gasteiger partial charge in [0.15, 0.2) is 11.4 Å². The topological polar surface area (TPSA) is 107 Å². The molecule has 9 heteroatoms. The second kappa shape index (κ2) is 6.88. The van der Waals surface area contributed by atoms with Gasteiger partial charge < -0.3 is 9.84 Å². The van der Waals surface area contributed by atoms with E-state index in [-0.39, 0.29) is 33.8 Å². The first kappa shape index (κ1) is 17.7. The summed E-state index contributed by atoms with van der Waals surface area (Å²) in [4.78, 5) is 21.9. The van der Waals surface area contributed by atoms with Crippen LogP contribution in [0, 0.1) is 16.0 Å². The number of hydrogen-bond donors (Lipinski definition) is 1. The van der Waals surface area contributed by atoms with Crippen molar-refractivity contribution in [1.82, 2.24) is 9.78 Å². The molecule has 128 valence electrons. The summed E-state index contributed by atoms with van der Waals surface area (Å²) in [6.45, 7) is 4.20. The Balaban J connectivity index is 2.50. The largest absolute Gasteiger partial charge is 0.487 e. The summed E-state index contributed by atoms with van der Waals surface area (Å²) in [6.07, 6.45) is 0. The van der Waals surface area contributed by atoms with Crippen molar-refractivity contribution >= 4 is 23.3 Å². The van der Waals surface area contributed by atoms with E-state index in [1.54, 1.807) is 6.07 Å². The average molecular weight is 354 g/mol. The fourth-order valence-electron chi connectivity index (χ4n) is 2.10. The molecule has 0 spiro atoms. The SMILES string of the molecule is CC(C)COc1ccc(-c2nn(C)c(C(=O)O)c2Cl)cc1[N+](=O)[O-]. The number of nitro groups is 1. The summed E-state index contributed by atoms with van der Waals surface area (Å²) in [5, 5.41) is 24.4. The third-order valence-corrected chi connectivity index (χ3v) is 3.55. The van der Waals surface area contributed by atoms with Crippen molar-refractivity contribution in [2.45, 2.75) is 13.8 Å². The van der Waals surface area contributed by atoms with Crippen LogP contribution >= 0.6 is 11.6 Å². The predicted octanol–water partition coefficient (Wildman–Crippen LogP) is 3.38. The van der Waals surface area contributed by atoms with E-state index in [9.17, 15) is 14.9 Å². The van der Waals surface area contributed by atoms with E-state index in [0.717, 1.165) is 4.68 Å². The number of nitro benzene ring substituents is 1. The standard InChI is InChI=1S/C15H16ClN3O5/c1-8(2)7-24-11-5-4-9(6-10(11)19(22)23)13-12(16)14(15(20)21)18(3)17-13/h4-6,8H,7H2,1-3H3,(H,20,21). The summed E-state index contributed by atoms with van der Waals surface area (Å²) >= 11 is 6.07. The van der Waals surface area contributed by atoms with Crippen LogP contribution in [-0.2, 0) is 7.05 Å². The number of halogens is 1. The zero-order valence-corrected chi connectivity index (χ0v) is 14.1. The third-order valence-electron chi connectivity index (χ3n) is 3.19. The lowest BCUT2D eigenvalue weighted by Crippen LogP contribution is -2.06. The van der Waals surface area contributed by atoms with Gasteiger partial charge in [-0.2, -0.15) is 5.10 Å². The van der Waals surface area contributed by atoms with Gasteiger partial charge in [0.1, 0.15) is 10.7 Å². The molecule has 0 amide bonds. The molecule has 8 nitrogen and oxygen atoms in total. The summed E-state index contributed by atoms with van der Waals surface area (Å²) in [5.41, 5.74) is 0.0861. The minimum Gasteiger partial charge on any atom is -0.487 e. The number of benzene rings is 1. The maximum absolute atomic E-state index is 11.3. The fourth-order valence-corrected chi connectivity index (χ4v) is 2.45. The Hall–Kier alpha value is -2.61. The first-order valence-electron chi connectivity index (χ1n) is 7.09. The molecule has 0 saturated carbocycles. The van der Waals surface area contributed by atoms with Gasteiger partial charge in [-0.05, 0) is 18.1 Å². The highest BCUT2D eigenvalue weighted by Gasteiger charge is 2.24. The van der Waals surface area contributed by atoms with Gasteiger partial charge in [0.05, 0.1) is 11.5 Å². The second-order valence-corrected chi connectivity index (χ2v) is 5.96. The lowest BCUT2D eigenvalue weighted by Gasteiger charge is -2.09. The molecule has 0 unspecified atom stereocenters. The quantitative estimate of drug-likeness (QED) is 0.630. The van der Waals surface area contributed by atoms with Crippen LogP contribution in [0.2, 0.25) is 5.02 Å². The van der Waals surface area contributed by atoms with Crippen molar-refractivity contribution < 1.29 is 19.6 Å². The van der Waals surface area contributed by atoms with Crippen molar-refractivity contribution in [3.05, 3.63) is 39.0 Å². The number of aryl methyl sites for hydroxylation is 1. The Bertz CT molecular complexity index is 801. The van der Waals surface area contributed by atoms with Crippen molar-refractivity contribution in [3.8, 4) is 17.0 Å². The Kier molecular flexibility index (Phi) is 5.08. The molecule has 0 atom stereocenters. The molecule has 0 aliphatic rings. The Labute approximate surface area is 142 Å². The molecule has 1 aromatic heterocycles. The summed E-state index contributed by atoms with van der Waals surface area (Å²) in [5.74, 6) is -0.872. The van der Waals surface area contributed by atoms with E-state index in [2.05, 4.69) is 5.10 Å². The molecule has 1 aromatic carbocycles. The van der Waals surface area contributed by atoms with Crippen LogP contribution in [0.15, 0.2) is 18.2 Å². The molecule has 1 heterocycles. The van der Waals surface area contributed by atoms with Crippen LogP contribution in [0.5, 0.6) is 5.75 Å². The van der Waals surface area contributed by atoms with Crippen LogP contribution in [0.3, 0.4) is 0 Å². The zero-order chi connectivity index (χ0) is 18.0. The molecule has 0 aliphatic heterocycles. The van der Waals surface area contributed by atoms with Crippen molar-refractivity contribution in [1.29, 1.82) is 0 Å². The normalized spacial score (nSPS) is 10.9. The lowest BCUT2D eigenvalue weighted by atomic mass is 10.1. The molecular formula is C15H16ClN3O5. The van der Waals surface area contributed by atoms with Crippen molar-refractivity contribution in [2.75, 3.05) is 6.61 Å². The van der Waals surface area contributed by atoms with Crippen molar-refractivity contribution in [2.24, 2.45) is 13.0 Å². The highest BCUT2D eigenvalue weighted by atomic mass is 35.5. The van der Waals surface area contributed by atoms with Crippen LogP contribution < -0.4 is 4.74 Å².